The van der Waals surface area contributed by atoms with Gasteiger partial charge in [0.25, 0.3) is 5.91 Å². The van der Waals surface area contributed by atoms with E-state index >= 15 is 0 Å². The van der Waals surface area contributed by atoms with Crippen LogP contribution in [0.15, 0.2) is 59.7 Å². The summed E-state index contributed by atoms with van der Waals surface area (Å²) in [6.07, 6.45) is 1.50. The standard InChI is InChI=1S/C24H22Cl2N2O5/c1-30-18-10-17(11-19(12-18)31-2)24(29)28-27-13-15-5-7-22(23(9-15)32-3)33-14-16-4-6-20(25)21(26)8-16/h4-13H,14H2,1-3H3,(H,28,29). The summed E-state index contributed by atoms with van der Waals surface area (Å²) >= 11 is 12.0. The molecule has 0 aliphatic carbocycles. The molecule has 0 heterocycles. The van der Waals surface area contributed by atoms with E-state index in [0.29, 0.717) is 50.8 Å². The molecule has 9 heteroatoms. The maximum atomic E-state index is 12.4. The topological polar surface area (TPSA) is 78.4 Å². The molecular weight excluding hydrogens is 467 g/mol. The summed E-state index contributed by atoms with van der Waals surface area (Å²) in [5.41, 5.74) is 4.41. The first-order valence-corrected chi connectivity index (χ1v) is 10.5. The Kier molecular flexibility index (Phi) is 8.40. The predicted octanol–water partition coefficient (Wildman–Crippen LogP) is 5.36. The van der Waals surface area contributed by atoms with E-state index < -0.39 is 5.91 Å². The second-order valence-electron chi connectivity index (χ2n) is 6.75. The van der Waals surface area contributed by atoms with Crippen LogP contribution in [-0.4, -0.2) is 33.5 Å². The number of hydrogen-bond donors (Lipinski definition) is 1. The fourth-order valence-corrected chi connectivity index (χ4v) is 3.16. The number of carbonyl (C=O) groups excluding carboxylic acids is 1. The average Bonchev–Trinajstić information content (AvgIpc) is 2.84. The summed E-state index contributed by atoms with van der Waals surface area (Å²) in [5.74, 6) is 1.67. The van der Waals surface area contributed by atoms with Crippen LogP contribution in [-0.2, 0) is 6.61 Å². The molecule has 3 aromatic rings. The highest BCUT2D eigenvalue weighted by Crippen LogP contribution is 2.29. The van der Waals surface area contributed by atoms with E-state index in [9.17, 15) is 4.79 Å². The molecule has 0 spiro atoms. The molecule has 0 bridgehead atoms. The third-order valence-electron chi connectivity index (χ3n) is 4.56. The zero-order valence-electron chi connectivity index (χ0n) is 18.2. The number of amides is 1. The summed E-state index contributed by atoms with van der Waals surface area (Å²) in [6, 6.07) is 15.5. The Morgan fingerprint density at radius 3 is 2.24 bits per heavy atom. The normalized spacial score (nSPS) is 10.7. The predicted molar refractivity (Wildman–Crippen MR) is 128 cm³/mol. The Morgan fingerprint density at radius 2 is 1.61 bits per heavy atom. The van der Waals surface area contributed by atoms with Crippen LogP contribution < -0.4 is 24.4 Å². The number of hydrazone groups is 1. The van der Waals surface area contributed by atoms with Crippen molar-refractivity contribution in [2.75, 3.05) is 21.3 Å². The van der Waals surface area contributed by atoms with Gasteiger partial charge in [-0.2, -0.15) is 5.10 Å². The summed E-state index contributed by atoms with van der Waals surface area (Å²) in [4.78, 5) is 12.4. The van der Waals surface area contributed by atoms with E-state index in [1.54, 1.807) is 55.6 Å². The van der Waals surface area contributed by atoms with Crippen molar-refractivity contribution < 1.29 is 23.7 Å². The highest BCUT2D eigenvalue weighted by molar-refractivity contribution is 6.42. The number of hydrogen-bond acceptors (Lipinski definition) is 6. The molecule has 0 saturated carbocycles. The van der Waals surface area contributed by atoms with Crippen LogP contribution in [0.5, 0.6) is 23.0 Å². The van der Waals surface area contributed by atoms with E-state index in [1.807, 2.05) is 6.07 Å². The van der Waals surface area contributed by atoms with Gasteiger partial charge >= 0.3 is 0 Å². The Balaban J connectivity index is 1.65. The van der Waals surface area contributed by atoms with E-state index in [1.165, 1.54) is 20.4 Å². The SMILES string of the molecule is COc1cc(OC)cc(C(=O)NN=Cc2ccc(OCc3ccc(Cl)c(Cl)c3)c(OC)c2)c1. The van der Waals surface area contributed by atoms with Crippen molar-refractivity contribution in [2.24, 2.45) is 5.10 Å². The van der Waals surface area contributed by atoms with Gasteiger partial charge in [0, 0.05) is 11.6 Å². The van der Waals surface area contributed by atoms with Gasteiger partial charge in [0.2, 0.25) is 0 Å². The van der Waals surface area contributed by atoms with Crippen molar-refractivity contribution in [1.82, 2.24) is 5.43 Å². The van der Waals surface area contributed by atoms with Crippen molar-refractivity contribution >= 4 is 35.3 Å². The minimum absolute atomic E-state index is 0.292. The van der Waals surface area contributed by atoms with E-state index in [0.717, 1.165) is 5.56 Å². The Labute approximate surface area is 201 Å². The zero-order chi connectivity index (χ0) is 23.8. The van der Waals surface area contributed by atoms with E-state index in [4.69, 9.17) is 42.1 Å². The zero-order valence-corrected chi connectivity index (χ0v) is 19.7. The number of rotatable bonds is 9. The Hall–Kier alpha value is -3.42. The van der Waals surface area contributed by atoms with Crippen LogP contribution in [0, 0.1) is 0 Å². The molecular formula is C24H22Cl2N2O5. The van der Waals surface area contributed by atoms with Gasteiger partial charge in [-0.1, -0.05) is 29.3 Å². The molecule has 33 heavy (non-hydrogen) atoms. The van der Waals surface area contributed by atoms with Crippen LogP contribution >= 0.6 is 23.2 Å². The lowest BCUT2D eigenvalue weighted by molar-refractivity contribution is 0.0954. The molecule has 0 radical (unpaired) electrons. The van der Waals surface area contributed by atoms with Gasteiger partial charge in [0.05, 0.1) is 37.6 Å². The monoisotopic (exact) mass is 488 g/mol. The Bertz CT molecular complexity index is 1150. The van der Waals surface area contributed by atoms with Gasteiger partial charge in [0.1, 0.15) is 18.1 Å². The number of halogens is 2. The van der Waals surface area contributed by atoms with Crippen molar-refractivity contribution in [1.29, 1.82) is 0 Å². The summed E-state index contributed by atoms with van der Waals surface area (Å²) in [5, 5.41) is 4.96. The molecule has 1 amide bonds. The largest absolute Gasteiger partial charge is 0.497 e. The number of carbonyl (C=O) groups is 1. The molecule has 0 aromatic heterocycles. The quantitative estimate of drug-likeness (QED) is 0.323. The molecule has 172 valence electrons. The maximum absolute atomic E-state index is 12.4. The molecule has 0 unspecified atom stereocenters. The second-order valence-corrected chi connectivity index (χ2v) is 7.56. The number of nitrogens with zero attached hydrogens (tertiary/aromatic N) is 1. The Morgan fingerprint density at radius 1 is 0.879 bits per heavy atom. The van der Waals surface area contributed by atoms with Crippen molar-refractivity contribution in [2.45, 2.75) is 6.61 Å². The summed E-state index contributed by atoms with van der Waals surface area (Å²) in [7, 11) is 4.57. The lowest BCUT2D eigenvalue weighted by Crippen LogP contribution is -2.17. The highest BCUT2D eigenvalue weighted by atomic mass is 35.5. The first-order valence-electron chi connectivity index (χ1n) is 9.74. The first-order chi connectivity index (χ1) is 15.9. The maximum Gasteiger partial charge on any atom is 0.271 e. The van der Waals surface area contributed by atoms with Gasteiger partial charge in [-0.3, -0.25) is 4.79 Å². The lowest BCUT2D eigenvalue weighted by atomic mass is 10.2. The molecule has 0 aliphatic rings. The smallest absolute Gasteiger partial charge is 0.271 e. The van der Waals surface area contributed by atoms with Crippen molar-refractivity contribution in [3.63, 3.8) is 0 Å². The number of benzene rings is 3. The summed E-state index contributed by atoms with van der Waals surface area (Å²) < 4.78 is 21.6. The number of nitrogens with one attached hydrogen (secondary N) is 1. The second kappa shape index (κ2) is 11.4. The van der Waals surface area contributed by atoms with Crippen LogP contribution in [0.2, 0.25) is 10.0 Å². The van der Waals surface area contributed by atoms with E-state index in [2.05, 4.69) is 10.5 Å². The molecule has 0 aliphatic heterocycles. The third kappa shape index (κ3) is 6.54. The molecule has 3 aromatic carbocycles. The molecule has 7 nitrogen and oxygen atoms in total. The van der Waals surface area contributed by atoms with Gasteiger partial charge in [0.15, 0.2) is 11.5 Å². The van der Waals surface area contributed by atoms with E-state index in [-0.39, 0.29) is 0 Å². The minimum atomic E-state index is -0.406. The van der Waals surface area contributed by atoms with Gasteiger partial charge < -0.3 is 18.9 Å². The van der Waals surface area contributed by atoms with Gasteiger partial charge in [-0.05, 0) is 53.6 Å². The molecule has 0 fully saturated rings. The van der Waals surface area contributed by atoms with Crippen molar-refractivity contribution in [3.05, 3.63) is 81.3 Å². The minimum Gasteiger partial charge on any atom is -0.497 e. The number of methoxy groups -OCH3 is 3. The van der Waals surface area contributed by atoms with Gasteiger partial charge in [-0.25, -0.2) is 5.43 Å². The van der Waals surface area contributed by atoms with Crippen LogP contribution in [0.25, 0.3) is 0 Å². The third-order valence-corrected chi connectivity index (χ3v) is 5.30. The number of ether oxygens (including phenoxy) is 4. The average molecular weight is 489 g/mol. The molecule has 3 rings (SSSR count). The van der Waals surface area contributed by atoms with Crippen LogP contribution in [0.3, 0.4) is 0 Å². The fourth-order valence-electron chi connectivity index (χ4n) is 2.84. The molecule has 0 saturated heterocycles. The van der Waals surface area contributed by atoms with Crippen LogP contribution in [0.4, 0.5) is 0 Å². The first kappa shape index (κ1) is 24.2. The van der Waals surface area contributed by atoms with Crippen LogP contribution in [0.1, 0.15) is 21.5 Å². The highest BCUT2D eigenvalue weighted by Gasteiger charge is 2.10. The summed E-state index contributed by atoms with van der Waals surface area (Å²) in [6.45, 7) is 0.292. The molecule has 1 N–H and O–H groups in total. The van der Waals surface area contributed by atoms with Crippen molar-refractivity contribution in [3.8, 4) is 23.0 Å². The molecule has 0 atom stereocenters. The van der Waals surface area contributed by atoms with Gasteiger partial charge in [-0.15, -0.1) is 0 Å². The fraction of sp³-hybridized carbons (Fsp3) is 0.167. The lowest BCUT2D eigenvalue weighted by Gasteiger charge is -2.12.